The van der Waals surface area contributed by atoms with Crippen molar-refractivity contribution >= 4 is 21.4 Å². The first-order valence-electron chi connectivity index (χ1n) is 8.92. The van der Waals surface area contributed by atoms with E-state index in [1.165, 1.54) is 5.56 Å². The molecular weight excluding hydrogens is 354 g/mol. The third kappa shape index (κ3) is 4.86. The first kappa shape index (κ1) is 18.5. The molecule has 25 heavy (non-hydrogen) atoms. The van der Waals surface area contributed by atoms with Crippen LogP contribution >= 0.6 is 11.3 Å². The fourth-order valence-electron chi connectivity index (χ4n) is 3.13. The van der Waals surface area contributed by atoms with Crippen molar-refractivity contribution in [1.29, 1.82) is 0 Å². The molecule has 7 heteroatoms. The van der Waals surface area contributed by atoms with Gasteiger partial charge in [-0.25, -0.2) is 12.7 Å². The van der Waals surface area contributed by atoms with E-state index in [2.05, 4.69) is 22.3 Å². The van der Waals surface area contributed by atoms with Crippen LogP contribution in [0, 0.1) is 0 Å². The molecule has 1 fully saturated rings. The van der Waals surface area contributed by atoms with Crippen molar-refractivity contribution in [3.63, 3.8) is 0 Å². The zero-order valence-electron chi connectivity index (χ0n) is 14.6. The molecule has 136 valence electrons. The number of rotatable bonds is 7. The molecule has 0 bridgehead atoms. The highest BCUT2D eigenvalue weighted by molar-refractivity contribution is 7.89. The van der Waals surface area contributed by atoms with Gasteiger partial charge in [0.25, 0.3) is 0 Å². The molecule has 1 atom stereocenters. The van der Waals surface area contributed by atoms with E-state index in [-0.39, 0.29) is 11.7 Å². The van der Waals surface area contributed by atoms with Gasteiger partial charge in [-0.15, -0.1) is 21.5 Å². The maximum Gasteiger partial charge on any atom is 0.214 e. The van der Waals surface area contributed by atoms with Gasteiger partial charge in [-0.2, -0.15) is 0 Å². The second-order valence-corrected chi connectivity index (χ2v) is 9.75. The van der Waals surface area contributed by atoms with E-state index in [0.29, 0.717) is 13.1 Å². The van der Waals surface area contributed by atoms with Crippen molar-refractivity contribution in [3.8, 4) is 0 Å². The lowest BCUT2D eigenvalue weighted by Gasteiger charge is -2.30. The highest BCUT2D eigenvalue weighted by Crippen LogP contribution is 2.31. The van der Waals surface area contributed by atoms with Gasteiger partial charge in [-0.05, 0) is 24.8 Å². The normalized spacial score (nSPS) is 19.2. The SMILES string of the molecule is CCCCS(=O)(=O)N1CCC[C@@H](c2nnc(Cc3ccccc3)s2)C1. The third-order valence-electron chi connectivity index (χ3n) is 4.56. The summed E-state index contributed by atoms with van der Waals surface area (Å²) in [7, 11) is -3.14. The molecule has 0 radical (unpaired) electrons. The summed E-state index contributed by atoms with van der Waals surface area (Å²) < 4.78 is 26.6. The second-order valence-electron chi connectivity index (χ2n) is 6.56. The monoisotopic (exact) mass is 379 g/mol. The molecule has 3 rings (SSSR count). The van der Waals surface area contributed by atoms with Crippen LogP contribution in [0.4, 0.5) is 0 Å². The van der Waals surface area contributed by atoms with Gasteiger partial charge in [0.05, 0.1) is 5.75 Å². The van der Waals surface area contributed by atoms with Crippen LogP contribution in [0.25, 0.3) is 0 Å². The third-order valence-corrected chi connectivity index (χ3v) is 7.57. The molecule has 1 aliphatic rings. The molecular formula is C18H25N3O2S2. The largest absolute Gasteiger partial charge is 0.214 e. The average molecular weight is 380 g/mol. The number of hydrogen-bond donors (Lipinski definition) is 0. The molecule has 1 aromatic carbocycles. The summed E-state index contributed by atoms with van der Waals surface area (Å²) in [6, 6.07) is 10.2. The van der Waals surface area contributed by atoms with Gasteiger partial charge in [-0.3, -0.25) is 0 Å². The topological polar surface area (TPSA) is 63.2 Å². The van der Waals surface area contributed by atoms with Gasteiger partial charge in [0.15, 0.2) is 0 Å². The van der Waals surface area contributed by atoms with Crippen LogP contribution in [0.5, 0.6) is 0 Å². The van der Waals surface area contributed by atoms with Crippen LogP contribution in [-0.2, 0) is 16.4 Å². The fourth-order valence-corrected chi connectivity index (χ4v) is 5.85. The van der Waals surface area contributed by atoms with Gasteiger partial charge in [0.1, 0.15) is 10.0 Å². The Morgan fingerprint density at radius 3 is 2.80 bits per heavy atom. The molecule has 0 amide bonds. The Balaban J connectivity index is 1.66. The van der Waals surface area contributed by atoms with E-state index < -0.39 is 10.0 Å². The summed E-state index contributed by atoms with van der Waals surface area (Å²) in [6.07, 6.45) is 4.28. The molecule has 0 N–H and O–H groups in total. The van der Waals surface area contributed by atoms with Gasteiger partial charge in [0, 0.05) is 25.4 Å². The Morgan fingerprint density at radius 1 is 1.24 bits per heavy atom. The molecule has 0 unspecified atom stereocenters. The molecule has 2 aromatic rings. The van der Waals surface area contributed by atoms with Gasteiger partial charge in [0.2, 0.25) is 10.0 Å². The van der Waals surface area contributed by atoms with Crippen molar-refractivity contribution in [2.24, 2.45) is 0 Å². The van der Waals surface area contributed by atoms with Crippen LogP contribution in [0.15, 0.2) is 30.3 Å². The summed E-state index contributed by atoms with van der Waals surface area (Å²) in [5, 5.41) is 10.7. The minimum Gasteiger partial charge on any atom is -0.212 e. The number of sulfonamides is 1. The van der Waals surface area contributed by atoms with Crippen LogP contribution < -0.4 is 0 Å². The zero-order chi connectivity index (χ0) is 17.7. The Labute approximate surface area is 154 Å². The molecule has 1 aliphatic heterocycles. The molecule has 0 saturated carbocycles. The first-order chi connectivity index (χ1) is 12.1. The van der Waals surface area contributed by atoms with Crippen molar-refractivity contribution in [2.45, 2.75) is 44.9 Å². The van der Waals surface area contributed by atoms with E-state index in [1.807, 2.05) is 25.1 Å². The van der Waals surface area contributed by atoms with E-state index in [9.17, 15) is 8.42 Å². The minimum absolute atomic E-state index is 0.173. The maximum atomic E-state index is 12.5. The molecule has 1 saturated heterocycles. The first-order valence-corrected chi connectivity index (χ1v) is 11.3. The van der Waals surface area contributed by atoms with Gasteiger partial charge >= 0.3 is 0 Å². The average Bonchev–Trinajstić information content (AvgIpc) is 3.09. The Morgan fingerprint density at radius 2 is 2.04 bits per heavy atom. The molecule has 5 nitrogen and oxygen atoms in total. The predicted molar refractivity (Wildman–Crippen MR) is 101 cm³/mol. The Kier molecular flexibility index (Phi) is 6.19. The van der Waals surface area contributed by atoms with Crippen molar-refractivity contribution in [1.82, 2.24) is 14.5 Å². The summed E-state index contributed by atoms with van der Waals surface area (Å²) in [4.78, 5) is 0. The van der Waals surface area contributed by atoms with Gasteiger partial charge in [-0.1, -0.05) is 43.7 Å². The van der Waals surface area contributed by atoms with Crippen molar-refractivity contribution in [3.05, 3.63) is 45.9 Å². The lowest BCUT2D eigenvalue weighted by molar-refractivity contribution is 0.314. The Bertz CT molecular complexity index is 775. The highest BCUT2D eigenvalue weighted by Gasteiger charge is 2.30. The smallest absolute Gasteiger partial charge is 0.212 e. The summed E-state index contributed by atoms with van der Waals surface area (Å²) >= 11 is 1.62. The van der Waals surface area contributed by atoms with E-state index in [1.54, 1.807) is 15.6 Å². The van der Waals surface area contributed by atoms with Crippen LogP contribution in [0.1, 0.15) is 54.1 Å². The number of piperidine rings is 1. The number of aromatic nitrogens is 2. The van der Waals surface area contributed by atoms with Crippen LogP contribution in [0.2, 0.25) is 0 Å². The molecule has 2 heterocycles. The highest BCUT2D eigenvalue weighted by atomic mass is 32.2. The van der Waals surface area contributed by atoms with E-state index >= 15 is 0 Å². The zero-order valence-corrected chi connectivity index (χ0v) is 16.2. The van der Waals surface area contributed by atoms with Crippen LogP contribution in [0.3, 0.4) is 0 Å². The van der Waals surface area contributed by atoms with Crippen molar-refractivity contribution < 1.29 is 8.42 Å². The standard InChI is InChI=1S/C18H25N3O2S2/c1-2-3-12-25(22,23)21-11-7-10-16(14-21)18-20-19-17(24-18)13-15-8-5-4-6-9-15/h4-6,8-9,16H,2-3,7,10-14H2,1H3/t16-/m1/s1. The van der Waals surface area contributed by atoms with E-state index in [4.69, 9.17) is 0 Å². The summed E-state index contributed by atoms with van der Waals surface area (Å²) in [5.74, 6) is 0.429. The number of benzene rings is 1. The quantitative estimate of drug-likeness (QED) is 0.739. The minimum atomic E-state index is -3.14. The van der Waals surface area contributed by atoms with Crippen molar-refractivity contribution in [2.75, 3.05) is 18.8 Å². The summed E-state index contributed by atoms with van der Waals surface area (Å²) in [6.45, 7) is 3.20. The van der Waals surface area contributed by atoms with Gasteiger partial charge < -0.3 is 0 Å². The Hall–Kier alpha value is -1.31. The van der Waals surface area contributed by atoms with E-state index in [0.717, 1.165) is 42.1 Å². The fraction of sp³-hybridized carbons (Fsp3) is 0.556. The molecule has 0 aliphatic carbocycles. The lowest BCUT2D eigenvalue weighted by atomic mass is 10.0. The number of hydrogen-bond acceptors (Lipinski definition) is 5. The maximum absolute atomic E-state index is 12.5. The second kappa shape index (κ2) is 8.38. The summed E-state index contributed by atoms with van der Waals surface area (Å²) in [5.41, 5.74) is 1.22. The number of unbranched alkanes of at least 4 members (excludes halogenated alkanes) is 1. The van der Waals surface area contributed by atoms with Crippen LogP contribution in [-0.4, -0.2) is 41.8 Å². The predicted octanol–water partition coefficient (Wildman–Crippen LogP) is 3.44. The molecule has 0 spiro atoms. The lowest BCUT2D eigenvalue weighted by Crippen LogP contribution is -2.40. The molecule has 1 aromatic heterocycles. The number of nitrogens with zero attached hydrogens (tertiary/aromatic N) is 3.